The maximum absolute atomic E-state index is 12.1. The zero-order valence-electron chi connectivity index (χ0n) is 12.2. The van der Waals surface area contributed by atoms with Crippen LogP contribution < -0.4 is 0 Å². The predicted octanol–water partition coefficient (Wildman–Crippen LogP) is 3.06. The molecule has 1 aliphatic rings. The number of hydrogen-bond acceptors (Lipinski definition) is 4. The van der Waals surface area contributed by atoms with Crippen LogP contribution in [-0.4, -0.2) is 27.7 Å². The Bertz CT molecular complexity index is 851. The Morgan fingerprint density at radius 1 is 1.27 bits per heavy atom. The number of benzene rings is 1. The Balaban J connectivity index is 1.97. The molecule has 1 aliphatic carbocycles. The van der Waals surface area contributed by atoms with Gasteiger partial charge in [-0.25, -0.2) is 14.3 Å². The highest BCUT2D eigenvalue weighted by molar-refractivity contribution is 5.89. The highest BCUT2D eigenvalue weighted by atomic mass is 16.5. The molecular weight excluding hydrogens is 278 g/mol. The summed E-state index contributed by atoms with van der Waals surface area (Å²) in [5.41, 5.74) is 4.04. The average molecular weight is 293 g/mol. The zero-order chi connectivity index (χ0) is 15.1. The Morgan fingerprint density at radius 3 is 2.73 bits per heavy atom. The van der Waals surface area contributed by atoms with Crippen molar-refractivity contribution in [2.45, 2.75) is 18.8 Å². The van der Waals surface area contributed by atoms with Crippen LogP contribution in [0.4, 0.5) is 0 Å². The van der Waals surface area contributed by atoms with E-state index in [-0.39, 0.29) is 0 Å². The van der Waals surface area contributed by atoms with Crippen molar-refractivity contribution in [1.82, 2.24) is 14.6 Å². The van der Waals surface area contributed by atoms with Gasteiger partial charge in [-0.2, -0.15) is 5.10 Å². The average Bonchev–Trinajstić information content (AvgIpc) is 3.33. The van der Waals surface area contributed by atoms with E-state index in [1.165, 1.54) is 7.11 Å². The second-order valence-electron chi connectivity index (χ2n) is 5.49. The molecule has 3 aromatic rings. The van der Waals surface area contributed by atoms with Gasteiger partial charge in [0.25, 0.3) is 0 Å². The van der Waals surface area contributed by atoms with E-state index in [1.54, 1.807) is 16.8 Å². The second kappa shape index (κ2) is 4.94. The molecule has 4 rings (SSSR count). The van der Waals surface area contributed by atoms with Crippen LogP contribution in [0.1, 0.15) is 34.9 Å². The fraction of sp³-hybridized carbons (Fsp3) is 0.235. The monoisotopic (exact) mass is 293 g/mol. The largest absolute Gasteiger partial charge is 0.464 e. The number of carbonyl (C=O) groups excluding carboxylic acids is 1. The minimum Gasteiger partial charge on any atom is -0.464 e. The molecule has 0 aliphatic heterocycles. The number of aromatic nitrogens is 3. The smallest absolute Gasteiger partial charge is 0.356 e. The molecular formula is C17H15N3O2. The molecule has 1 aromatic carbocycles. The fourth-order valence-corrected chi connectivity index (χ4v) is 2.64. The van der Waals surface area contributed by atoms with E-state index in [9.17, 15) is 4.79 Å². The molecule has 5 heteroatoms. The summed E-state index contributed by atoms with van der Waals surface area (Å²) in [6.07, 6.45) is 4.00. The molecule has 0 saturated heterocycles. The van der Waals surface area contributed by atoms with Crippen LogP contribution in [0.5, 0.6) is 0 Å². The van der Waals surface area contributed by atoms with Gasteiger partial charge < -0.3 is 4.74 Å². The number of hydrogen-bond donors (Lipinski definition) is 0. The van der Waals surface area contributed by atoms with Crippen molar-refractivity contribution in [3.8, 4) is 11.1 Å². The minimum absolute atomic E-state index is 0.392. The SMILES string of the molecule is COC(=O)c1cc(C2CC2)nc2c(-c3ccccc3)cnn12. The minimum atomic E-state index is -0.392. The molecule has 1 saturated carbocycles. The van der Waals surface area contributed by atoms with Crippen LogP contribution in [0.2, 0.25) is 0 Å². The molecule has 0 amide bonds. The molecule has 5 nitrogen and oxygen atoms in total. The van der Waals surface area contributed by atoms with Crippen molar-refractivity contribution in [3.05, 3.63) is 54.0 Å². The van der Waals surface area contributed by atoms with Gasteiger partial charge in [-0.3, -0.25) is 0 Å². The van der Waals surface area contributed by atoms with Gasteiger partial charge in [-0.1, -0.05) is 30.3 Å². The molecule has 0 N–H and O–H groups in total. The molecule has 2 aromatic heterocycles. The van der Waals surface area contributed by atoms with Gasteiger partial charge in [0.05, 0.1) is 13.3 Å². The lowest BCUT2D eigenvalue weighted by molar-refractivity contribution is 0.0590. The van der Waals surface area contributed by atoms with Crippen LogP contribution in [-0.2, 0) is 4.74 Å². The first kappa shape index (κ1) is 13.0. The Hall–Kier alpha value is -2.69. The van der Waals surface area contributed by atoms with Crippen molar-refractivity contribution in [1.29, 1.82) is 0 Å². The van der Waals surface area contributed by atoms with Crippen molar-refractivity contribution >= 4 is 11.6 Å². The van der Waals surface area contributed by atoms with Crippen LogP contribution in [0.25, 0.3) is 16.8 Å². The fourth-order valence-electron chi connectivity index (χ4n) is 2.64. The zero-order valence-corrected chi connectivity index (χ0v) is 12.2. The summed E-state index contributed by atoms with van der Waals surface area (Å²) in [5.74, 6) is 0.0592. The van der Waals surface area contributed by atoms with Gasteiger partial charge >= 0.3 is 5.97 Å². The molecule has 0 atom stereocenters. The van der Waals surface area contributed by atoms with Gasteiger partial charge in [0, 0.05) is 17.2 Å². The number of fused-ring (bicyclic) bond motifs is 1. The number of methoxy groups -OCH3 is 1. The van der Waals surface area contributed by atoms with Crippen molar-refractivity contribution in [2.24, 2.45) is 0 Å². The third-order valence-electron chi connectivity index (χ3n) is 3.97. The predicted molar refractivity (Wildman–Crippen MR) is 81.7 cm³/mol. The maximum Gasteiger partial charge on any atom is 0.356 e. The first-order valence-corrected chi connectivity index (χ1v) is 7.30. The van der Waals surface area contributed by atoms with Crippen LogP contribution in [0, 0.1) is 0 Å². The van der Waals surface area contributed by atoms with E-state index in [2.05, 4.69) is 5.10 Å². The Labute approximate surface area is 127 Å². The van der Waals surface area contributed by atoms with Crippen LogP contribution in [0.15, 0.2) is 42.6 Å². The maximum atomic E-state index is 12.1. The summed E-state index contributed by atoms with van der Waals surface area (Å²) in [4.78, 5) is 16.8. The van der Waals surface area contributed by atoms with E-state index >= 15 is 0 Å². The lowest BCUT2D eigenvalue weighted by Gasteiger charge is -2.07. The first-order chi connectivity index (χ1) is 10.8. The number of ether oxygens (including phenoxy) is 1. The second-order valence-corrected chi connectivity index (χ2v) is 5.49. The highest BCUT2D eigenvalue weighted by Crippen LogP contribution is 2.40. The van der Waals surface area contributed by atoms with Crippen molar-refractivity contribution in [2.75, 3.05) is 7.11 Å². The third kappa shape index (κ3) is 2.06. The van der Waals surface area contributed by atoms with Crippen LogP contribution >= 0.6 is 0 Å². The Morgan fingerprint density at radius 2 is 2.05 bits per heavy atom. The molecule has 0 spiro atoms. The molecule has 1 fully saturated rings. The molecule has 2 heterocycles. The molecule has 0 bridgehead atoms. The quantitative estimate of drug-likeness (QED) is 0.696. The van der Waals surface area contributed by atoms with E-state index in [0.717, 1.165) is 29.7 Å². The van der Waals surface area contributed by atoms with Crippen LogP contribution in [0.3, 0.4) is 0 Å². The Kier molecular flexibility index (Phi) is 2.92. The number of nitrogens with zero attached hydrogens (tertiary/aromatic N) is 3. The molecule has 0 radical (unpaired) electrons. The number of rotatable bonds is 3. The topological polar surface area (TPSA) is 56.5 Å². The van der Waals surface area contributed by atoms with Gasteiger partial charge in [-0.15, -0.1) is 0 Å². The van der Waals surface area contributed by atoms with Gasteiger partial charge in [0.2, 0.25) is 0 Å². The summed E-state index contributed by atoms with van der Waals surface area (Å²) in [7, 11) is 1.38. The standard InChI is InChI=1S/C17H15N3O2/c1-22-17(21)15-9-14(12-7-8-12)19-16-13(10-18-20(15)16)11-5-3-2-4-6-11/h2-6,9-10,12H,7-8H2,1H3. The summed E-state index contributed by atoms with van der Waals surface area (Å²) in [5, 5.41) is 4.34. The lowest BCUT2D eigenvalue weighted by Crippen LogP contribution is -2.11. The number of esters is 1. The van der Waals surface area contributed by atoms with E-state index in [0.29, 0.717) is 17.3 Å². The summed E-state index contributed by atoms with van der Waals surface area (Å²) in [6.45, 7) is 0. The van der Waals surface area contributed by atoms with Crippen molar-refractivity contribution in [3.63, 3.8) is 0 Å². The van der Waals surface area contributed by atoms with Gasteiger partial charge in [0.15, 0.2) is 11.3 Å². The molecule has 22 heavy (non-hydrogen) atoms. The summed E-state index contributed by atoms with van der Waals surface area (Å²) >= 11 is 0. The number of carbonyl (C=O) groups is 1. The highest BCUT2D eigenvalue weighted by Gasteiger charge is 2.28. The lowest BCUT2D eigenvalue weighted by atomic mass is 10.1. The van der Waals surface area contributed by atoms with Gasteiger partial charge in [-0.05, 0) is 24.5 Å². The summed E-state index contributed by atoms with van der Waals surface area (Å²) in [6, 6.07) is 11.8. The van der Waals surface area contributed by atoms with E-state index in [4.69, 9.17) is 9.72 Å². The molecule has 110 valence electrons. The van der Waals surface area contributed by atoms with E-state index in [1.807, 2.05) is 30.3 Å². The van der Waals surface area contributed by atoms with E-state index < -0.39 is 5.97 Å². The normalized spacial score (nSPS) is 14.2. The van der Waals surface area contributed by atoms with Gasteiger partial charge in [0.1, 0.15) is 0 Å². The summed E-state index contributed by atoms with van der Waals surface area (Å²) < 4.78 is 6.46. The molecule has 0 unspecified atom stereocenters. The van der Waals surface area contributed by atoms with Crippen molar-refractivity contribution < 1.29 is 9.53 Å². The first-order valence-electron chi connectivity index (χ1n) is 7.30. The third-order valence-corrected chi connectivity index (χ3v) is 3.97.